The van der Waals surface area contributed by atoms with Crippen LogP contribution in [0.25, 0.3) is 0 Å². The fraction of sp³-hybridized carbons (Fsp3) is 0.571. The van der Waals surface area contributed by atoms with Gasteiger partial charge in [0.05, 0.1) is 5.92 Å². The average Bonchev–Trinajstić information content (AvgIpc) is 2.81. The molecule has 1 saturated heterocycles. The van der Waals surface area contributed by atoms with Crippen LogP contribution in [0.1, 0.15) is 69.4 Å². The summed E-state index contributed by atoms with van der Waals surface area (Å²) in [7, 11) is 3.97. The van der Waals surface area contributed by atoms with Crippen molar-refractivity contribution in [2.24, 2.45) is 0 Å². The molecule has 1 amide bonds. The summed E-state index contributed by atoms with van der Waals surface area (Å²) in [4.78, 5) is 24.9. The second-order valence-corrected chi connectivity index (χ2v) is 10.1. The van der Waals surface area contributed by atoms with Crippen molar-refractivity contribution in [3.05, 3.63) is 53.7 Å². The Labute approximate surface area is 199 Å². The van der Waals surface area contributed by atoms with E-state index in [9.17, 15) is 4.79 Å². The number of hydrogen-bond donors (Lipinski definition) is 0. The molecule has 0 N–H and O–H groups in total. The maximum Gasteiger partial charge on any atom is 0.234 e. The number of anilines is 2. The first-order valence-electron chi connectivity index (χ1n) is 12.7. The number of hydrogen-bond acceptors (Lipinski definition) is 4. The molecule has 2 aliphatic rings. The second-order valence-electron chi connectivity index (χ2n) is 10.1. The van der Waals surface area contributed by atoms with Gasteiger partial charge >= 0.3 is 0 Å². The zero-order valence-electron chi connectivity index (χ0n) is 20.8. The summed E-state index contributed by atoms with van der Waals surface area (Å²) in [6, 6.07) is 13.9. The van der Waals surface area contributed by atoms with E-state index < -0.39 is 0 Å². The number of nitrogens with zero attached hydrogens (tertiary/aromatic N) is 4. The molecule has 33 heavy (non-hydrogen) atoms. The summed E-state index contributed by atoms with van der Waals surface area (Å²) < 4.78 is 0. The molecular weight excluding hydrogens is 408 g/mol. The Kier molecular flexibility index (Phi) is 7.69. The highest BCUT2D eigenvalue weighted by Crippen LogP contribution is 2.36. The molecule has 4 rings (SSSR count). The molecule has 0 saturated carbocycles. The monoisotopic (exact) mass is 448 g/mol. The third kappa shape index (κ3) is 5.40. The smallest absolute Gasteiger partial charge is 0.234 e. The third-order valence-electron chi connectivity index (χ3n) is 7.58. The van der Waals surface area contributed by atoms with Crippen LogP contribution in [0.15, 0.2) is 42.6 Å². The minimum absolute atomic E-state index is 0.154. The highest BCUT2D eigenvalue weighted by Gasteiger charge is 2.33. The molecule has 178 valence electrons. The van der Waals surface area contributed by atoms with Gasteiger partial charge in [0.2, 0.25) is 5.91 Å². The van der Waals surface area contributed by atoms with E-state index in [-0.39, 0.29) is 11.8 Å². The average molecular weight is 449 g/mol. The number of carbonyl (C=O) groups is 1. The summed E-state index contributed by atoms with van der Waals surface area (Å²) in [6.45, 7) is 6.72. The van der Waals surface area contributed by atoms with E-state index in [1.54, 1.807) is 0 Å². The van der Waals surface area contributed by atoms with Gasteiger partial charge in [0.25, 0.3) is 0 Å². The lowest BCUT2D eigenvalue weighted by Gasteiger charge is -2.39. The topological polar surface area (TPSA) is 39.7 Å². The Morgan fingerprint density at radius 2 is 1.70 bits per heavy atom. The Morgan fingerprint density at radius 3 is 2.39 bits per heavy atom. The number of carbonyl (C=O) groups excluding carboxylic acids is 1. The standard InChI is InChI=1S/C28H40N4O/c1-21-11-10-12-22(2)31(21)17-8-5-9-18-32-26-14-7-6-13-23(26)19-25(28(32)33)24-15-16-27(29-20-24)30(3)4/h6-7,13-16,20-22,25H,5,8-12,17-19H2,1-4H3/t21-,22+,25?. The molecule has 2 aromatic rings. The van der Waals surface area contributed by atoms with Crippen molar-refractivity contribution in [2.75, 3.05) is 37.0 Å². The highest BCUT2D eigenvalue weighted by molar-refractivity contribution is 6.01. The van der Waals surface area contributed by atoms with Crippen molar-refractivity contribution in [1.29, 1.82) is 0 Å². The van der Waals surface area contributed by atoms with Crippen molar-refractivity contribution in [3.63, 3.8) is 0 Å². The van der Waals surface area contributed by atoms with Crippen LogP contribution in [0.2, 0.25) is 0 Å². The number of piperidine rings is 1. The maximum absolute atomic E-state index is 13.6. The number of amides is 1. The second kappa shape index (κ2) is 10.7. The number of pyridine rings is 1. The molecule has 3 heterocycles. The molecule has 3 atom stereocenters. The zero-order valence-corrected chi connectivity index (χ0v) is 20.8. The minimum atomic E-state index is -0.154. The molecule has 1 fully saturated rings. The van der Waals surface area contributed by atoms with Gasteiger partial charge in [-0.25, -0.2) is 4.98 Å². The Balaban J connectivity index is 1.39. The lowest BCUT2D eigenvalue weighted by Crippen LogP contribution is -2.44. The van der Waals surface area contributed by atoms with E-state index in [2.05, 4.69) is 48.0 Å². The number of benzene rings is 1. The molecular formula is C28H40N4O. The lowest BCUT2D eigenvalue weighted by molar-refractivity contribution is -0.120. The number of para-hydroxylation sites is 1. The quantitative estimate of drug-likeness (QED) is 0.517. The first-order chi connectivity index (χ1) is 16.0. The Bertz CT molecular complexity index is 916. The molecule has 2 aliphatic heterocycles. The summed E-state index contributed by atoms with van der Waals surface area (Å²) in [5, 5.41) is 0. The Morgan fingerprint density at radius 1 is 0.970 bits per heavy atom. The fourth-order valence-corrected chi connectivity index (χ4v) is 5.58. The molecule has 5 nitrogen and oxygen atoms in total. The van der Waals surface area contributed by atoms with Crippen LogP contribution in [0.3, 0.4) is 0 Å². The molecule has 0 radical (unpaired) electrons. The van der Waals surface area contributed by atoms with Gasteiger partial charge < -0.3 is 9.80 Å². The van der Waals surface area contributed by atoms with E-state index in [4.69, 9.17) is 0 Å². The maximum atomic E-state index is 13.6. The van der Waals surface area contributed by atoms with Crippen molar-refractivity contribution >= 4 is 17.4 Å². The van der Waals surface area contributed by atoms with Crippen LogP contribution < -0.4 is 9.80 Å². The summed E-state index contributed by atoms with van der Waals surface area (Å²) >= 11 is 0. The number of aromatic nitrogens is 1. The largest absolute Gasteiger partial charge is 0.363 e. The first-order valence-corrected chi connectivity index (χ1v) is 12.7. The number of fused-ring (bicyclic) bond motifs is 1. The minimum Gasteiger partial charge on any atom is -0.363 e. The van der Waals surface area contributed by atoms with Crippen LogP contribution in [0.5, 0.6) is 0 Å². The summed E-state index contributed by atoms with van der Waals surface area (Å²) in [5.74, 6) is 0.974. The van der Waals surface area contributed by atoms with Crippen molar-refractivity contribution in [2.45, 2.75) is 76.8 Å². The SMILES string of the molecule is C[C@@H]1CCC[C@H](C)N1CCCCCN1C(=O)C(c2ccc(N(C)C)nc2)Cc2ccccc21. The van der Waals surface area contributed by atoms with Gasteiger partial charge in [-0.3, -0.25) is 9.69 Å². The predicted molar refractivity (Wildman–Crippen MR) is 137 cm³/mol. The summed E-state index contributed by atoms with van der Waals surface area (Å²) in [6.07, 6.45) is 10.1. The molecule has 0 bridgehead atoms. The number of rotatable bonds is 8. The Hall–Kier alpha value is -2.40. The van der Waals surface area contributed by atoms with Gasteiger partial charge in [0.1, 0.15) is 5.82 Å². The summed E-state index contributed by atoms with van der Waals surface area (Å²) in [5.41, 5.74) is 3.36. The van der Waals surface area contributed by atoms with Gasteiger partial charge in [0.15, 0.2) is 0 Å². The normalized spacial score (nSPS) is 23.5. The molecule has 1 unspecified atom stereocenters. The molecule has 1 aromatic carbocycles. The van der Waals surface area contributed by atoms with Gasteiger partial charge in [-0.2, -0.15) is 0 Å². The third-order valence-corrected chi connectivity index (χ3v) is 7.58. The van der Waals surface area contributed by atoms with E-state index in [0.29, 0.717) is 12.1 Å². The molecule has 1 aromatic heterocycles. The van der Waals surface area contributed by atoms with Crippen molar-refractivity contribution in [3.8, 4) is 0 Å². The molecule has 0 aliphatic carbocycles. The predicted octanol–water partition coefficient (Wildman–Crippen LogP) is 5.25. The van der Waals surface area contributed by atoms with Crippen molar-refractivity contribution in [1.82, 2.24) is 9.88 Å². The van der Waals surface area contributed by atoms with Crippen LogP contribution in [0.4, 0.5) is 11.5 Å². The van der Waals surface area contributed by atoms with Gasteiger partial charge in [0, 0.05) is 44.6 Å². The van der Waals surface area contributed by atoms with Crippen LogP contribution in [0, 0.1) is 0 Å². The zero-order chi connectivity index (χ0) is 23.4. The van der Waals surface area contributed by atoms with Crippen LogP contribution in [-0.4, -0.2) is 55.1 Å². The molecule has 5 heteroatoms. The fourth-order valence-electron chi connectivity index (χ4n) is 5.58. The van der Waals surface area contributed by atoms with Crippen LogP contribution in [-0.2, 0) is 11.2 Å². The molecule has 0 spiro atoms. The van der Waals surface area contributed by atoms with Gasteiger partial charge in [-0.15, -0.1) is 0 Å². The lowest BCUT2D eigenvalue weighted by atomic mass is 9.87. The van der Waals surface area contributed by atoms with E-state index in [1.165, 1.54) is 37.8 Å². The van der Waals surface area contributed by atoms with Gasteiger partial charge in [-0.1, -0.05) is 37.1 Å². The van der Waals surface area contributed by atoms with E-state index in [1.807, 2.05) is 42.2 Å². The first kappa shape index (κ1) is 23.7. The number of unbranched alkanes of at least 4 members (excludes halogenated alkanes) is 2. The van der Waals surface area contributed by atoms with Crippen LogP contribution >= 0.6 is 0 Å². The van der Waals surface area contributed by atoms with Crippen molar-refractivity contribution < 1.29 is 4.79 Å². The highest BCUT2D eigenvalue weighted by atomic mass is 16.2. The number of likely N-dealkylation sites (tertiary alicyclic amines) is 1. The van der Waals surface area contributed by atoms with Gasteiger partial charge in [-0.05, 0) is 75.8 Å². The van der Waals surface area contributed by atoms with E-state index in [0.717, 1.165) is 42.9 Å². The van der Waals surface area contributed by atoms with E-state index >= 15 is 0 Å².